The van der Waals surface area contributed by atoms with Gasteiger partial charge in [0.25, 0.3) is 0 Å². The minimum absolute atomic E-state index is 0.122. The lowest BCUT2D eigenvalue weighted by Gasteiger charge is -2.33. The Morgan fingerprint density at radius 2 is 2.05 bits per heavy atom. The Morgan fingerprint density at radius 1 is 1.33 bits per heavy atom. The zero-order chi connectivity index (χ0) is 15.1. The van der Waals surface area contributed by atoms with Crippen LogP contribution in [0.15, 0.2) is 24.5 Å². The normalized spacial score (nSPS) is 18.4. The van der Waals surface area contributed by atoms with E-state index in [1.54, 1.807) is 6.20 Å². The van der Waals surface area contributed by atoms with Crippen LogP contribution in [0.25, 0.3) is 0 Å². The van der Waals surface area contributed by atoms with Gasteiger partial charge in [0.2, 0.25) is 5.91 Å². The Kier molecular flexibility index (Phi) is 6.14. The maximum atomic E-state index is 12.1. The van der Waals surface area contributed by atoms with E-state index in [0.29, 0.717) is 6.54 Å². The highest BCUT2D eigenvalue weighted by Gasteiger charge is 2.18. The number of rotatable bonds is 6. The summed E-state index contributed by atoms with van der Waals surface area (Å²) in [7, 11) is 0. The topological polar surface area (TPSA) is 48.5 Å². The molecule has 1 aliphatic rings. The summed E-state index contributed by atoms with van der Waals surface area (Å²) in [6, 6.07) is 4.11. The van der Waals surface area contributed by atoms with Crippen LogP contribution in [-0.2, 0) is 11.2 Å². The van der Waals surface area contributed by atoms with Crippen LogP contribution in [0, 0.1) is 0 Å². The molecule has 1 unspecified atom stereocenters. The number of carbonyl (C=O) groups excluding carboxylic acids is 1. The summed E-state index contributed by atoms with van der Waals surface area (Å²) in [5.41, 5.74) is 1.15. The first-order valence-corrected chi connectivity index (χ1v) is 7.80. The van der Waals surface area contributed by atoms with Gasteiger partial charge in [-0.25, -0.2) is 0 Å². The predicted octanol–water partition coefficient (Wildman–Crippen LogP) is 0.766. The maximum Gasteiger partial charge on any atom is 0.234 e. The molecule has 0 spiro atoms. The summed E-state index contributed by atoms with van der Waals surface area (Å²) >= 11 is 0. The molecule has 0 aromatic carbocycles. The van der Waals surface area contributed by atoms with E-state index in [4.69, 9.17) is 0 Å². The third-order valence-corrected chi connectivity index (χ3v) is 3.95. The van der Waals surface area contributed by atoms with Crippen molar-refractivity contribution in [2.24, 2.45) is 0 Å². The van der Waals surface area contributed by atoms with Crippen molar-refractivity contribution in [2.45, 2.75) is 26.3 Å². The summed E-state index contributed by atoms with van der Waals surface area (Å²) in [6.07, 6.45) is 4.44. The van der Waals surface area contributed by atoms with E-state index in [1.165, 1.54) is 0 Å². The summed E-state index contributed by atoms with van der Waals surface area (Å²) in [4.78, 5) is 20.8. The summed E-state index contributed by atoms with van der Waals surface area (Å²) in [5.74, 6) is 0.122. The molecule has 1 aromatic heterocycles. The van der Waals surface area contributed by atoms with Crippen molar-refractivity contribution in [1.29, 1.82) is 0 Å². The monoisotopic (exact) mass is 290 g/mol. The molecule has 0 aliphatic carbocycles. The van der Waals surface area contributed by atoms with Crippen molar-refractivity contribution < 1.29 is 4.79 Å². The Hall–Kier alpha value is -1.46. The molecule has 1 saturated heterocycles. The Labute approximate surface area is 127 Å². The minimum Gasteiger partial charge on any atom is -0.352 e. The second-order valence-corrected chi connectivity index (χ2v) is 5.74. The lowest BCUT2D eigenvalue weighted by molar-refractivity contribution is -0.123. The molecule has 5 heteroatoms. The van der Waals surface area contributed by atoms with E-state index in [9.17, 15) is 4.79 Å². The molecule has 0 bridgehead atoms. The number of hydrogen-bond acceptors (Lipinski definition) is 4. The molecule has 1 amide bonds. The van der Waals surface area contributed by atoms with Crippen LogP contribution in [0.4, 0.5) is 0 Å². The molecule has 1 N–H and O–H groups in total. The summed E-state index contributed by atoms with van der Waals surface area (Å²) in [5, 5.41) is 3.08. The molecule has 116 valence electrons. The zero-order valence-electron chi connectivity index (χ0n) is 13.1. The van der Waals surface area contributed by atoms with Gasteiger partial charge in [-0.3, -0.25) is 14.7 Å². The van der Waals surface area contributed by atoms with Crippen molar-refractivity contribution in [3.8, 4) is 0 Å². The fraction of sp³-hybridized carbons (Fsp3) is 0.625. The van der Waals surface area contributed by atoms with E-state index in [0.717, 1.165) is 44.7 Å². The second kappa shape index (κ2) is 8.10. The van der Waals surface area contributed by atoms with Gasteiger partial charge in [-0.1, -0.05) is 13.0 Å². The van der Waals surface area contributed by atoms with Crippen molar-refractivity contribution in [1.82, 2.24) is 20.1 Å². The quantitative estimate of drug-likeness (QED) is 0.840. The van der Waals surface area contributed by atoms with E-state index in [-0.39, 0.29) is 11.9 Å². The highest BCUT2D eigenvalue weighted by molar-refractivity contribution is 5.78. The van der Waals surface area contributed by atoms with E-state index in [1.807, 2.05) is 25.3 Å². The van der Waals surface area contributed by atoms with Gasteiger partial charge < -0.3 is 10.2 Å². The molecule has 1 aliphatic heterocycles. The Bertz CT molecular complexity index is 429. The average Bonchev–Trinajstić information content (AvgIpc) is 2.48. The smallest absolute Gasteiger partial charge is 0.234 e. The number of aromatic nitrogens is 1. The number of hydrogen-bond donors (Lipinski definition) is 1. The number of nitrogens with one attached hydrogen (secondary N) is 1. The first-order chi connectivity index (χ1) is 10.2. The van der Waals surface area contributed by atoms with Crippen LogP contribution in [0.1, 0.15) is 19.4 Å². The predicted molar refractivity (Wildman–Crippen MR) is 84.1 cm³/mol. The molecule has 2 rings (SSSR count). The molecular formula is C16H26N4O. The van der Waals surface area contributed by atoms with Crippen LogP contribution in [-0.4, -0.2) is 66.0 Å². The number of nitrogens with zero attached hydrogens (tertiary/aromatic N) is 3. The largest absolute Gasteiger partial charge is 0.352 e. The molecule has 1 aromatic rings. The molecule has 2 heterocycles. The van der Waals surface area contributed by atoms with Crippen LogP contribution < -0.4 is 5.32 Å². The number of pyridine rings is 1. The second-order valence-electron chi connectivity index (χ2n) is 5.74. The van der Waals surface area contributed by atoms with Crippen molar-refractivity contribution in [3.63, 3.8) is 0 Å². The summed E-state index contributed by atoms with van der Waals surface area (Å²) in [6.45, 7) is 9.93. The number of likely N-dealkylation sites (N-methyl/N-ethyl adjacent to an activating group) is 1. The van der Waals surface area contributed by atoms with Crippen molar-refractivity contribution >= 4 is 5.91 Å². The van der Waals surface area contributed by atoms with E-state index in [2.05, 4.69) is 27.0 Å². The van der Waals surface area contributed by atoms with Gasteiger partial charge in [0.05, 0.1) is 6.54 Å². The van der Waals surface area contributed by atoms with Gasteiger partial charge in [-0.2, -0.15) is 0 Å². The molecular weight excluding hydrogens is 264 g/mol. The summed E-state index contributed by atoms with van der Waals surface area (Å²) < 4.78 is 0. The van der Waals surface area contributed by atoms with Crippen molar-refractivity contribution in [3.05, 3.63) is 30.1 Å². The minimum atomic E-state index is 0.122. The SMILES string of the molecule is CCN1CCN(CC(=O)NC(C)Cc2cccnc2)CC1. The molecule has 1 fully saturated rings. The third kappa shape index (κ3) is 5.44. The number of amides is 1. The van der Waals surface area contributed by atoms with Gasteiger partial charge in [-0.05, 0) is 31.5 Å². The van der Waals surface area contributed by atoms with Gasteiger partial charge in [-0.15, -0.1) is 0 Å². The Balaban J connectivity index is 1.69. The molecule has 21 heavy (non-hydrogen) atoms. The van der Waals surface area contributed by atoms with Crippen LogP contribution in [0.5, 0.6) is 0 Å². The molecule has 0 saturated carbocycles. The standard InChI is InChI=1S/C16H26N4O/c1-3-19-7-9-20(10-8-19)13-16(21)18-14(2)11-15-5-4-6-17-12-15/h4-6,12,14H,3,7-11,13H2,1-2H3,(H,18,21). The third-order valence-electron chi connectivity index (χ3n) is 3.95. The van der Waals surface area contributed by atoms with Crippen LogP contribution in [0.2, 0.25) is 0 Å². The van der Waals surface area contributed by atoms with E-state index < -0.39 is 0 Å². The molecule has 5 nitrogen and oxygen atoms in total. The van der Waals surface area contributed by atoms with Gasteiger partial charge in [0, 0.05) is 44.6 Å². The fourth-order valence-electron chi connectivity index (χ4n) is 2.71. The lowest BCUT2D eigenvalue weighted by Crippen LogP contribution is -2.50. The fourth-order valence-corrected chi connectivity index (χ4v) is 2.71. The highest BCUT2D eigenvalue weighted by atomic mass is 16.2. The maximum absolute atomic E-state index is 12.1. The van der Waals surface area contributed by atoms with Gasteiger partial charge in [0.1, 0.15) is 0 Å². The first-order valence-electron chi connectivity index (χ1n) is 7.80. The van der Waals surface area contributed by atoms with E-state index >= 15 is 0 Å². The number of carbonyl (C=O) groups is 1. The van der Waals surface area contributed by atoms with Gasteiger partial charge >= 0.3 is 0 Å². The average molecular weight is 290 g/mol. The first kappa shape index (κ1) is 15.9. The number of piperazine rings is 1. The molecule has 1 atom stereocenters. The zero-order valence-corrected chi connectivity index (χ0v) is 13.1. The van der Waals surface area contributed by atoms with Crippen LogP contribution in [0.3, 0.4) is 0 Å². The van der Waals surface area contributed by atoms with Gasteiger partial charge in [0.15, 0.2) is 0 Å². The highest BCUT2D eigenvalue weighted by Crippen LogP contribution is 2.03. The van der Waals surface area contributed by atoms with Crippen LogP contribution >= 0.6 is 0 Å². The Morgan fingerprint density at radius 3 is 2.67 bits per heavy atom. The molecule has 0 radical (unpaired) electrons. The lowest BCUT2D eigenvalue weighted by atomic mass is 10.1. The van der Waals surface area contributed by atoms with Crippen molar-refractivity contribution in [2.75, 3.05) is 39.3 Å².